The fraction of sp³-hybridized carbons (Fsp3) is 0.792. The maximum absolute atomic E-state index is 12.8. The molecule has 0 aromatic heterocycles. The Balaban J connectivity index is 2.02. The minimum Gasteiger partial charge on any atom is -0.457 e. The summed E-state index contributed by atoms with van der Waals surface area (Å²) in [5.41, 5.74) is 7.01. The van der Waals surface area contributed by atoms with E-state index < -0.39 is 36.0 Å². The second-order valence-corrected chi connectivity index (χ2v) is 9.82. The molecule has 0 amide bonds. The molecule has 3 rings (SSSR count). The van der Waals surface area contributed by atoms with Gasteiger partial charge in [0.1, 0.15) is 6.10 Å². The Labute approximate surface area is 185 Å². The number of methoxy groups -OCH3 is 1. The molecule has 1 fully saturated rings. The summed E-state index contributed by atoms with van der Waals surface area (Å²) in [6.45, 7) is 9.32. The van der Waals surface area contributed by atoms with Crippen LogP contribution in [0.1, 0.15) is 47.5 Å². The number of carbonyl (C=O) groups is 1. The molecule has 0 radical (unpaired) electrons. The van der Waals surface area contributed by atoms with Crippen LogP contribution in [0.15, 0.2) is 23.8 Å². The van der Waals surface area contributed by atoms with Crippen molar-refractivity contribution >= 4 is 5.97 Å². The zero-order valence-electron chi connectivity index (χ0n) is 19.5. The van der Waals surface area contributed by atoms with Crippen LogP contribution in [0.4, 0.5) is 0 Å². The van der Waals surface area contributed by atoms with Gasteiger partial charge in [-0.05, 0) is 45.1 Å². The van der Waals surface area contributed by atoms with E-state index in [0.717, 1.165) is 12.0 Å². The van der Waals surface area contributed by atoms with Gasteiger partial charge in [0, 0.05) is 30.9 Å². The first kappa shape index (κ1) is 24.4. The summed E-state index contributed by atoms with van der Waals surface area (Å²) in [5.74, 6) is -0.724. The van der Waals surface area contributed by atoms with E-state index in [2.05, 4.69) is 25.2 Å². The highest BCUT2D eigenvalue weighted by Gasteiger charge is 2.56. The van der Waals surface area contributed by atoms with Crippen LogP contribution >= 0.6 is 0 Å². The molecule has 1 saturated heterocycles. The van der Waals surface area contributed by atoms with E-state index in [0.29, 0.717) is 6.42 Å². The van der Waals surface area contributed by atoms with Gasteiger partial charge in [-0.2, -0.15) is 0 Å². The molecule has 1 aliphatic carbocycles. The first-order valence-corrected chi connectivity index (χ1v) is 11.4. The third-order valence-electron chi connectivity index (χ3n) is 7.69. The Hall–Kier alpha value is -1.25. The van der Waals surface area contributed by atoms with Gasteiger partial charge in [-0.25, -0.2) is 4.79 Å². The van der Waals surface area contributed by atoms with Gasteiger partial charge in [-0.1, -0.05) is 32.1 Å². The van der Waals surface area contributed by atoms with Gasteiger partial charge in [0.2, 0.25) is 0 Å². The number of hydrogen-bond acceptors (Lipinski definition) is 7. The van der Waals surface area contributed by atoms with E-state index in [1.54, 1.807) is 13.8 Å². The van der Waals surface area contributed by atoms with E-state index in [-0.39, 0.29) is 35.8 Å². The number of cyclic esters (lactones) is 1. The zero-order valence-corrected chi connectivity index (χ0v) is 19.5. The average Bonchev–Trinajstić information content (AvgIpc) is 3.03. The maximum Gasteiger partial charge on any atom is 0.335 e. The molecule has 3 aliphatic rings. The molecule has 11 atom stereocenters. The summed E-state index contributed by atoms with van der Waals surface area (Å²) in [7, 11) is 1.50. The van der Waals surface area contributed by atoms with Crippen LogP contribution in [-0.2, 0) is 19.0 Å². The Morgan fingerprint density at radius 2 is 1.90 bits per heavy atom. The van der Waals surface area contributed by atoms with Gasteiger partial charge < -0.3 is 30.2 Å². The SMILES string of the molecule is CO[C@H]1C[C@H]2C=C[C@@H]3C[C@]2(O[C@H]3[C@@H](N)[C@H](C)[C@H](C)O)/C(C)=C/[C@@H](C)[C@@H]([C@@H](C)O)OC1=O. The van der Waals surface area contributed by atoms with Crippen LogP contribution < -0.4 is 5.73 Å². The quantitative estimate of drug-likeness (QED) is 0.445. The molecular weight excluding hydrogens is 398 g/mol. The van der Waals surface area contributed by atoms with Crippen molar-refractivity contribution in [2.24, 2.45) is 29.4 Å². The number of hydrogen-bond donors (Lipinski definition) is 3. The number of nitrogens with two attached hydrogens (primary N) is 1. The third-order valence-corrected chi connectivity index (χ3v) is 7.69. The Morgan fingerprint density at radius 3 is 2.48 bits per heavy atom. The second-order valence-electron chi connectivity index (χ2n) is 9.82. The maximum atomic E-state index is 12.8. The van der Waals surface area contributed by atoms with E-state index in [9.17, 15) is 15.0 Å². The van der Waals surface area contributed by atoms with Crippen molar-refractivity contribution in [3.8, 4) is 0 Å². The molecule has 7 nitrogen and oxygen atoms in total. The number of ether oxygens (including phenoxy) is 3. The molecule has 0 aromatic rings. The van der Waals surface area contributed by atoms with Crippen molar-refractivity contribution in [1.29, 1.82) is 0 Å². The molecule has 4 N–H and O–H groups in total. The van der Waals surface area contributed by atoms with Crippen molar-refractivity contribution in [3.63, 3.8) is 0 Å². The Kier molecular flexibility index (Phi) is 7.33. The molecule has 2 bridgehead atoms. The monoisotopic (exact) mass is 437 g/mol. The first-order valence-electron chi connectivity index (χ1n) is 11.4. The molecule has 31 heavy (non-hydrogen) atoms. The second kappa shape index (κ2) is 9.32. The summed E-state index contributed by atoms with van der Waals surface area (Å²) in [4.78, 5) is 12.8. The Morgan fingerprint density at radius 1 is 1.23 bits per heavy atom. The molecule has 176 valence electrons. The van der Waals surface area contributed by atoms with Crippen LogP contribution in [0.25, 0.3) is 0 Å². The first-order chi connectivity index (χ1) is 14.5. The van der Waals surface area contributed by atoms with Crippen LogP contribution in [0, 0.1) is 23.7 Å². The highest BCUT2D eigenvalue weighted by Crippen LogP contribution is 2.52. The predicted octanol–water partition coefficient (Wildman–Crippen LogP) is 1.95. The molecule has 2 heterocycles. The highest BCUT2D eigenvalue weighted by atomic mass is 16.6. The van der Waals surface area contributed by atoms with Crippen molar-refractivity contribution in [1.82, 2.24) is 0 Å². The van der Waals surface area contributed by atoms with E-state index in [1.807, 2.05) is 13.8 Å². The number of esters is 1. The standard InChI is InChI=1S/C24H39NO6/c1-12-9-13(2)24-11-17(22(31-24)20(25)14(3)15(4)26)7-8-18(24)10-19(29-6)23(28)30-21(12)16(5)27/h7-9,12,14-22,26-27H,10-11,25H2,1-6H3/b13-9+/t12-,14-,15+,16-,17-,18-,19+,20+,21+,22-,24+/m1/s1. The van der Waals surface area contributed by atoms with Crippen LogP contribution in [-0.4, -0.2) is 65.5 Å². The lowest BCUT2D eigenvalue weighted by Crippen LogP contribution is -2.48. The fourth-order valence-electron chi connectivity index (χ4n) is 5.50. The summed E-state index contributed by atoms with van der Waals surface area (Å²) in [6, 6.07) is -0.318. The molecule has 1 spiro atoms. The van der Waals surface area contributed by atoms with Gasteiger partial charge >= 0.3 is 5.97 Å². The van der Waals surface area contributed by atoms with Crippen molar-refractivity contribution in [2.75, 3.05) is 7.11 Å². The molecular formula is C24H39NO6. The van der Waals surface area contributed by atoms with E-state index in [4.69, 9.17) is 19.9 Å². The van der Waals surface area contributed by atoms with Crippen molar-refractivity contribution < 1.29 is 29.2 Å². The largest absolute Gasteiger partial charge is 0.457 e. The summed E-state index contributed by atoms with van der Waals surface area (Å²) >= 11 is 0. The number of aliphatic hydroxyl groups is 2. The highest BCUT2D eigenvalue weighted by molar-refractivity contribution is 5.75. The number of carbonyl (C=O) groups excluding carboxylic acids is 1. The normalized spacial score (nSPS) is 43.8. The summed E-state index contributed by atoms with van der Waals surface area (Å²) in [5, 5.41) is 20.3. The smallest absolute Gasteiger partial charge is 0.335 e. The summed E-state index contributed by atoms with van der Waals surface area (Å²) < 4.78 is 18.0. The minimum atomic E-state index is -0.815. The van der Waals surface area contributed by atoms with Crippen molar-refractivity contribution in [3.05, 3.63) is 23.8 Å². The number of rotatable bonds is 5. The number of fused-ring (bicyclic) bond motifs is 1. The van der Waals surface area contributed by atoms with Crippen LogP contribution in [0.5, 0.6) is 0 Å². The van der Waals surface area contributed by atoms with Gasteiger partial charge in [0.15, 0.2) is 6.10 Å². The Bertz CT molecular complexity index is 719. The zero-order chi connectivity index (χ0) is 23.1. The molecule has 0 saturated carbocycles. The lowest BCUT2D eigenvalue weighted by molar-refractivity contribution is -0.171. The van der Waals surface area contributed by atoms with E-state index >= 15 is 0 Å². The molecule has 2 aliphatic heterocycles. The minimum absolute atomic E-state index is 0.0770. The lowest BCUT2D eigenvalue weighted by atomic mass is 9.69. The summed E-state index contributed by atoms with van der Waals surface area (Å²) in [6.07, 6.45) is 4.52. The van der Waals surface area contributed by atoms with Crippen LogP contribution in [0.3, 0.4) is 0 Å². The van der Waals surface area contributed by atoms with E-state index in [1.165, 1.54) is 7.11 Å². The third kappa shape index (κ3) is 4.48. The van der Waals surface area contributed by atoms with Gasteiger partial charge in [-0.15, -0.1) is 0 Å². The van der Waals surface area contributed by atoms with Crippen molar-refractivity contribution in [2.45, 2.75) is 89.6 Å². The fourth-order valence-corrected chi connectivity index (χ4v) is 5.50. The van der Waals surface area contributed by atoms with Gasteiger partial charge in [0.25, 0.3) is 0 Å². The van der Waals surface area contributed by atoms with Crippen LogP contribution in [0.2, 0.25) is 0 Å². The number of aliphatic hydroxyl groups excluding tert-OH is 2. The van der Waals surface area contributed by atoms with Gasteiger partial charge in [0.05, 0.1) is 23.9 Å². The van der Waals surface area contributed by atoms with Gasteiger partial charge in [-0.3, -0.25) is 0 Å². The molecule has 0 aromatic carbocycles. The molecule has 7 heteroatoms. The predicted molar refractivity (Wildman–Crippen MR) is 117 cm³/mol. The topological polar surface area (TPSA) is 111 Å². The molecule has 0 unspecified atom stereocenters. The lowest BCUT2D eigenvalue weighted by Gasteiger charge is -2.41. The average molecular weight is 438 g/mol.